The van der Waals surface area contributed by atoms with E-state index in [9.17, 15) is 4.79 Å². The van der Waals surface area contributed by atoms with Gasteiger partial charge in [0.15, 0.2) is 0 Å². The molecule has 1 aromatic rings. The summed E-state index contributed by atoms with van der Waals surface area (Å²) in [5, 5.41) is 6.24. The lowest BCUT2D eigenvalue weighted by Gasteiger charge is -2.13. The van der Waals surface area contributed by atoms with E-state index in [0.29, 0.717) is 6.54 Å². The standard InChI is InChI=1S/C16H26N2O.ClH/c1-4-10-17-11-12-18-16(19)13(3)15-8-6-14(5-2)7-9-15;/h6-9,13,17H,4-5,10-12H2,1-3H3,(H,18,19);1H. The number of rotatable bonds is 8. The van der Waals surface area contributed by atoms with Gasteiger partial charge in [0.25, 0.3) is 0 Å². The lowest BCUT2D eigenvalue weighted by Crippen LogP contribution is -2.34. The van der Waals surface area contributed by atoms with Crippen LogP contribution in [0.4, 0.5) is 0 Å². The van der Waals surface area contributed by atoms with E-state index in [1.54, 1.807) is 0 Å². The van der Waals surface area contributed by atoms with Gasteiger partial charge in [-0.05, 0) is 37.4 Å². The number of aryl methyl sites for hydroxylation is 1. The second kappa shape index (κ2) is 10.7. The summed E-state index contributed by atoms with van der Waals surface area (Å²) in [5.74, 6) is 0.0135. The summed E-state index contributed by atoms with van der Waals surface area (Å²) >= 11 is 0. The van der Waals surface area contributed by atoms with Gasteiger partial charge in [-0.2, -0.15) is 0 Å². The van der Waals surface area contributed by atoms with Crippen molar-refractivity contribution in [1.82, 2.24) is 10.6 Å². The molecule has 114 valence electrons. The molecule has 4 heteroatoms. The molecular formula is C16H27ClN2O. The zero-order chi connectivity index (χ0) is 14.1. The molecule has 0 spiro atoms. The van der Waals surface area contributed by atoms with Crippen LogP contribution >= 0.6 is 12.4 Å². The molecule has 0 aromatic heterocycles. The summed E-state index contributed by atoms with van der Waals surface area (Å²) < 4.78 is 0. The second-order valence-electron chi connectivity index (χ2n) is 4.86. The first kappa shape index (κ1) is 18.9. The van der Waals surface area contributed by atoms with Crippen molar-refractivity contribution in [2.24, 2.45) is 0 Å². The molecule has 1 rings (SSSR count). The summed E-state index contributed by atoms with van der Waals surface area (Å²) in [7, 11) is 0. The van der Waals surface area contributed by atoms with Gasteiger partial charge < -0.3 is 10.6 Å². The number of carbonyl (C=O) groups is 1. The summed E-state index contributed by atoms with van der Waals surface area (Å²) in [4.78, 5) is 12.0. The zero-order valence-corrected chi connectivity index (χ0v) is 13.6. The first-order chi connectivity index (χ1) is 9.19. The molecule has 0 fully saturated rings. The van der Waals surface area contributed by atoms with Crippen molar-refractivity contribution in [3.63, 3.8) is 0 Å². The minimum absolute atomic E-state index is 0. The van der Waals surface area contributed by atoms with Crippen LogP contribution < -0.4 is 10.6 Å². The van der Waals surface area contributed by atoms with E-state index in [-0.39, 0.29) is 24.2 Å². The van der Waals surface area contributed by atoms with Crippen LogP contribution in [0.25, 0.3) is 0 Å². The minimum atomic E-state index is -0.0860. The van der Waals surface area contributed by atoms with Crippen LogP contribution in [-0.2, 0) is 11.2 Å². The average Bonchev–Trinajstić information content (AvgIpc) is 2.46. The average molecular weight is 299 g/mol. The molecule has 0 aliphatic carbocycles. The molecule has 3 nitrogen and oxygen atoms in total. The maximum absolute atomic E-state index is 12.0. The highest BCUT2D eigenvalue weighted by Gasteiger charge is 2.14. The Morgan fingerprint density at radius 2 is 1.75 bits per heavy atom. The van der Waals surface area contributed by atoms with Crippen LogP contribution in [0.1, 0.15) is 44.2 Å². The van der Waals surface area contributed by atoms with Gasteiger partial charge in [-0.15, -0.1) is 12.4 Å². The third-order valence-electron chi connectivity index (χ3n) is 3.31. The van der Waals surface area contributed by atoms with Crippen molar-refractivity contribution in [3.05, 3.63) is 35.4 Å². The highest BCUT2D eigenvalue weighted by atomic mass is 35.5. The quantitative estimate of drug-likeness (QED) is 0.725. The minimum Gasteiger partial charge on any atom is -0.354 e. The van der Waals surface area contributed by atoms with Crippen LogP contribution in [0, 0.1) is 0 Å². The second-order valence-corrected chi connectivity index (χ2v) is 4.86. The smallest absolute Gasteiger partial charge is 0.227 e. The van der Waals surface area contributed by atoms with Gasteiger partial charge in [0, 0.05) is 13.1 Å². The maximum atomic E-state index is 12.0. The molecule has 0 saturated carbocycles. The molecule has 0 saturated heterocycles. The van der Waals surface area contributed by atoms with Gasteiger partial charge in [0.1, 0.15) is 0 Å². The lowest BCUT2D eigenvalue weighted by molar-refractivity contribution is -0.122. The Bertz CT molecular complexity index is 379. The molecule has 0 aliphatic rings. The van der Waals surface area contributed by atoms with E-state index < -0.39 is 0 Å². The zero-order valence-electron chi connectivity index (χ0n) is 12.7. The molecule has 1 unspecified atom stereocenters. The fraction of sp³-hybridized carbons (Fsp3) is 0.562. The van der Waals surface area contributed by atoms with E-state index in [1.165, 1.54) is 5.56 Å². The van der Waals surface area contributed by atoms with E-state index in [4.69, 9.17) is 0 Å². The summed E-state index contributed by atoms with van der Waals surface area (Å²) in [6.45, 7) is 8.75. The molecular weight excluding hydrogens is 272 g/mol. The number of halogens is 1. The molecule has 0 bridgehead atoms. The van der Waals surface area contributed by atoms with E-state index in [0.717, 1.165) is 31.5 Å². The first-order valence-electron chi connectivity index (χ1n) is 7.26. The van der Waals surface area contributed by atoms with Crippen LogP contribution in [0.2, 0.25) is 0 Å². The monoisotopic (exact) mass is 298 g/mol. The Labute approximate surface area is 128 Å². The molecule has 2 N–H and O–H groups in total. The Balaban J connectivity index is 0.00000361. The molecule has 0 aliphatic heterocycles. The molecule has 20 heavy (non-hydrogen) atoms. The predicted molar refractivity (Wildman–Crippen MR) is 87.7 cm³/mol. The van der Waals surface area contributed by atoms with E-state index >= 15 is 0 Å². The summed E-state index contributed by atoms with van der Waals surface area (Å²) in [5.41, 5.74) is 2.39. The van der Waals surface area contributed by atoms with Crippen LogP contribution in [0.15, 0.2) is 24.3 Å². The molecule has 1 atom stereocenters. The highest BCUT2D eigenvalue weighted by molar-refractivity contribution is 5.85. The number of carbonyl (C=O) groups excluding carboxylic acids is 1. The number of hydrogen-bond acceptors (Lipinski definition) is 2. The fourth-order valence-corrected chi connectivity index (χ4v) is 1.92. The Kier molecular flexibility index (Phi) is 10.1. The van der Waals surface area contributed by atoms with Crippen molar-refractivity contribution < 1.29 is 4.79 Å². The predicted octanol–water partition coefficient (Wildman–Crippen LogP) is 2.89. The fourth-order valence-electron chi connectivity index (χ4n) is 1.92. The molecule has 0 heterocycles. The third kappa shape index (κ3) is 6.40. The Morgan fingerprint density at radius 1 is 1.10 bits per heavy atom. The summed E-state index contributed by atoms with van der Waals surface area (Å²) in [6, 6.07) is 8.31. The van der Waals surface area contributed by atoms with Gasteiger partial charge in [-0.1, -0.05) is 38.1 Å². The van der Waals surface area contributed by atoms with Crippen molar-refractivity contribution in [3.8, 4) is 0 Å². The summed E-state index contributed by atoms with van der Waals surface area (Å²) in [6.07, 6.45) is 2.15. The van der Waals surface area contributed by atoms with Crippen molar-refractivity contribution in [2.45, 2.75) is 39.5 Å². The van der Waals surface area contributed by atoms with Crippen LogP contribution in [0.5, 0.6) is 0 Å². The number of hydrogen-bond donors (Lipinski definition) is 2. The molecule has 0 radical (unpaired) electrons. The van der Waals surface area contributed by atoms with E-state index in [2.05, 4.69) is 48.7 Å². The SMILES string of the molecule is CCCNCCNC(=O)C(C)c1ccc(CC)cc1.Cl. The van der Waals surface area contributed by atoms with Crippen molar-refractivity contribution >= 4 is 18.3 Å². The third-order valence-corrected chi connectivity index (χ3v) is 3.31. The molecule has 1 aromatic carbocycles. The van der Waals surface area contributed by atoms with Gasteiger partial charge in [-0.25, -0.2) is 0 Å². The van der Waals surface area contributed by atoms with Crippen LogP contribution in [0.3, 0.4) is 0 Å². The normalized spacial score (nSPS) is 11.6. The van der Waals surface area contributed by atoms with Gasteiger partial charge in [0.05, 0.1) is 5.92 Å². The van der Waals surface area contributed by atoms with Gasteiger partial charge in [0.2, 0.25) is 5.91 Å². The lowest BCUT2D eigenvalue weighted by atomic mass is 9.98. The maximum Gasteiger partial charge on any atom is 0.227 e. The largest absolute Gasteiger partial charge is 0.354 e. The number of amides is 1. The van der Waals surface area contributed by atoms with Crippen molar-refractivity contribution in [1.29, 1.82) is 0 Å². The number of nitrogens with one attached hydrogen (secondary N) is 2. The Morgan fingerprint density at radius 3 is 2.30 bits per heavy atom. The van der Waals surface area contributed by atoms with E-state index in [1.807, 2.05) is 6.92 Å². The molecule has 1 amide bonds. The van der Waals surface area contributed by atoms with Gasteiger partial charge >= 0.3 is 0 Å². The van der Waals surface area contributed by atoms with Gasteiger partial charge in [-0.3, -0.25) is 4.79 Å². The first-order valence-corrected chi connectivity index (χ1v) is 7.26. The highest BCUT2D eigenvalue weighted by Crippen LogP contribution is 2.16. The Hall–Kier alpha value is -1.06. The number of benzene rings is 1. The van der Waals surface area contributed by atoms with Crippen LogP contribution in [-0.4, -0.2) is 25.5 Å². The topological polar surface area (TPSA) is 41.1 Å². The van der Waals surface area contributed by atoms with Crippen molar-refractivity contribution in [2.75, 3.05) is 19.6 Å².